The van der Waals surface area contributed by atoms with Crippen LogP contribution in [0.1, 0.15) is 36.0 Å². The summed E-state index contributed by atoms with van der Waals surface area (Å²) >= 11 is 0. The summed E-state index contributed by atoms with van der Waals surface area (Å²) in [5.74, 6) is -2.95. The van der Waals surface area contributed by atoms with Gasteiger partial charge in [-0.25, -0.2) is 0 Å². The van der Waals surface area contributed by atoms with E-state index in [4.69, 9.17) is 0 Å². The number of rotatable bonds is 4. The Morgan fingerprint density at radius 2 is 1.56 bits per heavy atom. The van der Waals surface area contributed by atoms with Crippen LogP contribution in [0.4, 0.5) is 5.69 Å². The van der Waals surface area contributed by atoms with Crippen molar-refractivity contribution in [3.05, 3.63) is 42.0 Å². The smallest absolute Gasteiger partial charge is 0.253 e. The van der Waals surface area contributed by atoms with Crippen molar-refractivity contribution in [2.45, 2.75) is 25.7 Å². The van der Waals surface area contributed by atoms with E-state index < -0.39 is 17.8 Å². The lowest BCUT2D eigenvalue weighted by Crippen LogP contribution is -2.42. The molecule has 0 spiro atoms. The highest BCUT2D eigenvalue weighted by atomic mass is 16.4. The van der Waals surface area contributed by atoms with Crippen molar-refractivity contribution in [2.75, 3.05) is 18.4 Å². The molecule has 2 bridgehead atoms. The molecule has 4 rings (SSSR count). The maximum atomic E-state index is 12.7. The molecule has 1 aliphatic heterocycles. The first-order valence-corrected chi connectivity index (χ1v) is 9.64. The molecule has 6 heteroatoms. The van der Waals surface area contributed by atoms with Crippen LogP contribution in [0.3, 0.4) is 0 Å². The second-order valence-corrected chi connectivity index (χ2v) is 7.74. The fraction of sp³-hybridized carbons (Fsp3) is 0.476. The molecular formula is C21H23N2O4-. The van der Waals surface area contributed by atoms with Crippen molar-refractivity contribution in [3.8, 4) is 0 Å². The molecule has 2 aliphatic carbocycles. The monoisotopic (exact) mass is 367 g/mol. The Hall–Kier alpha value is -2.63. The van der Waals surface area contributed by atoms with E-state index in [1.54, 1.807) is 24.3 Å². The van der Waals surface area contributed by atoms with Gasteiger partial charge in [-0.1, -0.05) is 12.2 Å². The lowest BCUT2D eigenvalue weighted by Gasteiger charge is -2.28. The summed E-state index contributed by atoms with van der Waals surface area (Å²) in [6.45, 7) is 1.58. The van der Waals surface area contributed by atoms with Gasteiger partial charge in [0.25, 0.3) is 5.91 Å². The second-order valence-electron chi connectivity index (χ2n) is 7.74. The molecule has 3 aliphatic rings. The van der Waals surface area contributed by atoms with E-state index in [-0.39, 0.29) is 23.7 Å². The van der Waals surface area contributed by atoms with Crippen molar-refractivity contribution >= 4 is 23.5 Å². The van der Waals surface area contributed by atoms with Gasteiger partial charge in [0.05, 0.1) is 5.92 Å². The van der Waals surface area contributed by atoms with Gasteiger partial charge in [-0.2, -0.15) is 0 Å². The van der Waals surface area contributed by atoms with Gasteiger partial charge in [-0.05, 0) is 61.8 Å². The van der Waals surface area contributed by atoms with E-state index in [1.165, 1.54) is 6.42 Å². The number of fused-ring (bicyclic) bond motifs is 2. The van der Waals surface area contributed by atoms with Crippen molar-refractivity contribution in [3.63, 3.8) is 0 Å². The second kappa shape index (κ2) is 7.18. The van der Waals surface area contributed by atoms with Crippen LogP contribution >= 0.6 is 0 Å². The van der Waals surface area contributed by atoms with E-state index in [2.05, 4.69) is 5.32 Å². The number of allylic oxidation sites excluding steroid dienone is 2. The molecule has 1 aromatic rings. The number of carboxylic acid groups (broad SMARTS) is 1. The topological polar surface area (TPSA) is 89.5 Å². The normalized spacial score (nSPS) is 29.0. The van der Waals surface area contributed by atoms with Gasteiger partial charge in [-0.15, -0.1) is 0 Å². The van der Waals surface area contributed by atoms with Gasteiger partial charge < -0.3 is 20.1 Å². The van der Waals surface area contributed by atoms with E-state index in [0.717, 1.165) is 25.9 Å². The number of aliphatic carboxylic acids is 1. The van der Waals surface area contributed by atoms with Crippen LogP contribution in [0.5, 0.6) is 0 Å². The zero-order valence-corrected chi connectivity index (χ0v) is 15.1. The number of carbonyl (C=O) groups excluding carboxylic acids is 3. The summed E-state index contributed by atoms with van der Waals surface area (Å²) in [6.07, 6.45) is 7.76. The molecule has 27 heavy (non-hydrogen) atoms. The number of piperidine rings is 1. The predicted octanol–water partition coefficient (Wildman–Crippen LogP) is 1.44. The van der Waals surface area contributed by atoms with E-state index in [0.29, 0.717) is 17.7 Å². The zero-order chi connectivity index (χ0) is 19.0. The third-order valence-electron chi connectivity index (χ3n) is 6.08. The van der Waals surface area contributed by atoms with Crippen LogP contribution in [0.25, 0.3) is 0 Å². The number of amides is 2. The number of nitrogens with zero attached hydrogens (tertiary/aromatic N) is 1. The number of hydrogen-bond acceptors (Lipinski definition) is 4. The highest BCUT2D eigenvalue weighted by Gasteiger charge is 2.48. The van der Waals surface area contributed by atoms with Crippen LogP contribution in [0.15, 0.2) is 36.4 Å². The van der Waals surface area contributed by atoms with Gasteiger partial charge >= 0.3 is 0 Å². The summed E-state index contributed by atoms with van der Waals surface area (Å²) in [5, 5.41) is 14.3. The minimum atomic E-state index is -1.16. The van der Waals surface area contributed by atoms with E-state index in [1.807, 2.05) is 17.1 Å². The summed E-state index contributed by atoms with van der Waals surface area (Å²) in [7, 11) is 0. The third-order valence-corrected chi connectivity index (χ3v) is 6.08. The molecule has 1 heterocycles. The highest BCUT2D eigenvalue weighted by Crippen LogP contribution is 2.48. The highest BCUT2D eigenvalue weighted by molar-refractivity contribution is 5.98. The number of carboxylic acids is 1. The molecule has 2 amide bonds. The van der Waals surface area contributed by atoms with E-state index in [9.17, 15) is 19.5 Å². The molecule has 0 aromatic heterocycles. The Kier molecular flexibility index (Phi) is 4.72. The fourth-order valence-corrected chi connectivity index (χ4v) is 4.70. The van der Waals surface area contributed by atoms with Crippen LogP contribution in [0, 0.1) is 23.7 Å². The fourth-order valence-electron chi connectivity index (χ4n) is 4.70. The Labute approximate surface area is 158 Å². The number of hydrogen-bond donors (Lipinski definition) is 1. The molecule has 1 aromatic carbocycles. The van der Waals surface area contributed by atoms with Gasteiger partial charge in [0.2, 0.25) is 5.91 Å². The maximum absolute atomic E-state index is 12.7. The maximum Gasteiger partial charge on any atom is 0.253 e. The standard InChI is InChI=1S/C21H24N2O4/c24-19(17-14-4-5-15(12-14)18(17)21(26)27)22-16-8-6-13(7-9-16)20(25)23-10-2-1-3-11-23/h4-9,14-15,17-18H,1-3,10-12H2,(H,22,24)(H,26,27)/p-1/t14-,15-,17+,18-/m0/s1. The predicted molar refractivity (Wildman–Crippen MR) is 97.6 cm³/mol. The molecule has 6 nitrogen and oxygen atoms in total. The average Bonchev–Trinajstić information content (AvgIpc) is 3.30. The Balaban J connectivity index is 1.42. The molecule has 0 unspecified atom stereocenters. The quantitative estimate of drug-likeness (QED) is 0.816. The lowest BCUT2D eigenvalue weighted by atomic mass is 9.82. The van der Waals surface area contributed by atoms with Crippen LogP contribution in [-0.4, -0.2) is 35.8 Å². The molecule has 1 N–H and O–H groups in total. The van der Waals surface area contributed by atoms with Crippen molar-refractivity contribution in [1.29, 1.82) is 0 Å². The molecule has 142 valence electrons. The first kappa shape index (κ1) is 17.8. The average molecular weight is 367 g/mol. The SMILES string of the molecule is O=C([O-])[C@@H]1[C@H](C(=O)Nc2ccc(C(=O)N3CCCCC3)cc2)[C@H]2C=C[C@H]1C2. The number of carbonyl (C=O) groups is 3. The molecule has 4 atom stereocenters. The summed E-state index contributed by atoms with van der Waals surface area (Å²) in [6, 6.07) is 6.82. The summed E-state index contributed by atoms with van der Waals surface area (Å²) in [4.78, 5) is 38.5. The first-order chi connectivity index (χ1) is 13.0. The van der Waals surface area contributed by atoms with Gasteiger partial charge in [0, 0.05) is 36.2 Å². The molecule has 1 saturated heterocycles. The van der Waals surface area contributed by atoms with Crippen molar-refractivity contribution in [1.82, 2.24) is 4.90 Å². The minimum Gasteiger partial charge on any atom is -0.550 e. The number of nitrogens with one attached hydrogen (secondary N) is 1. The van der Waals surface area contributed by atoms with Crippen LogP contribution < -0.4 is 10.4 Å². The lowest BCUT2D eigenvalue weighted by molar-refractivity contribution is -0.313. The molecule has 2 fully saturated rings. The Morgan fingerprint density at radius 1 is 0.926 bits per heavy atom. The van der Waals surface area contributed by atoms with Crippen molar-refractivity contribution in [2.24, 2.45) is 23.7 Å². The van der Waals surface area contributed by atoms with E-state index >= 15 is 0 Å². The number of anilines is 1. The summed E-state index contributed by atoms with van der Waals surface area (Å²) in [5.41, 5.74) is 1.17. The minimum absolute atomic E-state index is 0.0165. The molecule has 0 radical (unpaired) electrons. The number of benzene rings is 1. The summed E-state index contributed by atoms with van der Waals surface area (Å²) < 4.78 is 0. The van der Waals surface area contributed by atoms with Crippen LogP contribution in [-0.2, 0) is 9.59 Å². The van der Waals surface area contributed by atoms with Crippen LogP contribution in [0.2, 0.25) is 0 Å². The largest absolute Gasteiger partial charge is 0.550 e. The Morgan fingerprint density at radius 3 is 2.19 bits per heavy atom. The number of likely N-dealkylation sites (tertiary alicyclic amines) is 1. The van der Waals surface area contributed by atoms with Crippen molar-refractivity contribution < 1.29 is 19.5 Å². The molecular weight excluding hydrogens is 344 g/mol. The van der Waals surface area contributed by atoms with Gasteiger partial charge in [0.15, 0.2) is 0 Å². The molecule has 1 saturated carbocycles. The zero-order valence-electron chi connectivity index (χ0n) is 15.1. The first-order valence-electron chi connectivity index (χ1n) is 9.64. The van der Waals surface area contributed by atoms with Gasteiger partial charge in [-0.3, -0.25) is 9.59 Å². The Bertz CT molecular complexity index is 780. The third kappa shape index (κ3) is 3.36. The van der Waals surface area contributed by atoms with Gasteiger partial charge in [0.1, 0.15) is 0 Å².